The minimum absolute atomic E-state index is 0.885. The van der Waals surface area contributed by atoms with Gasteiger partial charge in [0.15, 0.2) is 0 Å². The maximum absolute atomic E-state index is 4.70. The number of hydrogen-bond donors (Lipinski definition) is 0. The van der Waals surface area contributed by atoms with Crippen LogP contribution >= 0.6 is 0 Å². The number of benzene rings is 2. The Labute approximate surface area is 115 Å². The fraction of sp³-hybridized carbons (Fsp3) is 0.0588. The Bertz CT molecular complexity index is 967. The summed E-state index contributed by atoms with van der Waals surface area (Å²) in [7, 11) is 0. The minimum atomic E-state index is 0.885. The third kappa shape index (κ3) is 1.15. The average molecular weight is 257 g/mol. The molecular weight excluding hydrogens is 246 g/mol. The van der Waals surface area contributed by atoms with Crippen molar-refractivity contribution in [2.45, 2.75) is 6.54 Å². The molecule has 0 spiro atoms. The van der Waals surface area contributed by atoms with Crippen LogP contribution in [0.5, 0.6) is 0 Å². The smallest absolute Gasteiger partial charge is 0.0964 e. The van der Waals surface area contributed by atoms with E-state index in [1.54, 1.807) is 0 Å². The van der Waals surface area contributed by atoms with E-state index in [0.29, 0.717) is 0 Å². The van der Waals surface area contributed by atoms with Gasteiger partial charge < -0.3 is 4.90 Å². The maximum atomic E-state index is 4.70. The number of nitrogens with zero attached hydrogens (tertiary/aromatic N) is 3. The topological polar surface area (TPSA) is 28.5 Å². The molecule has 3 nitrogen and oxygen atoms in total. The quantitative estimate of drug-likeness (QED) is 0.619. The highest BCUT2D eigenvalue weighted by Gasteiger charge is 2.20. The molecule has 3 aromatic rings. The van der Waals surface area contributed by atoms with Crippen LogP contribution in [0.1, 0.15) is 5.56 Å². The third-order valence-electron chi connectivity index (χ3n) is 4.16. The highest BCUT2D eigenvalue weighted by Crippen LogP contribution is 2.30. The molecule has 20 heavy (non-hydrogen) atoms. The molecule has 3 heterocycles. The molecule has 2 aliphatic rings. The van der Waals surface area contributed by atoms with Crippen LogP contribution in [0.15, 0.2) is 53.9 Å². The van der Waals surface area contributed by atoms with Crippen molar-refractivity contribution in [3.63, 3.8) is 0 Å². The van der Waals surface area contributed by atoms with Gasteiger partial charge in [0.25, 0.3) is 0 Å². The van der Waals surface area contributed by atoms with Crippen molar-refractivity contribution in [1.82, 2.24) is 9.88 Å². The lowest BCUT2D eigenvalue weighted by Gasteiger charge is -2.28. The fourth-order valence-electron chi connectivity index (χ4n) is 3.26. The summed E-state index contributed by atoms with van der Waals surface area (Å²) in [6.45, 7) is 0.885. The van der Waals surface area contributed by atoms with Crippen molar-refractivity contribution in [3.05, 3.63) is 59.8 Å². The Morgan fingerprint density at radius 2 is 1.95 bits per heavy atom. The van der Waals surface area contributed by atoms with Crippen molar-refractivity contribution in [1.29, 1.82) is 0 Å². The van der Waals surface area contributed by atoms with Crippen LogP contribution in [-0.2, 0) is 6.54 Å². The van der Waals surface area contributed by atoms with Gasteiger partial charge in [0.2, 0.25) is 0 Å². The van der Waals surface area contributed by atoms with Gasteiger partial charge in [-0.2, -0.15) is 0 Å². The number of aliphatic imine (C=N–C) groups is 1. The van der Waals surface area contributed by atoms with E-state index in [0.717, 1.165) is 17.6 Å². The van der Waals surface area contributed by atoms with Gasteiger partial charge in [-0.3, -0.25) is 9.98 Å². The van der Waals surface area contributed by atoms with Crippen molar-refractivity contribution in [2.75, 3.05) is 0 Å². The molecule has 0 bridgehead atoms. The summed E-state index contributed by atoms with van der Waals surface area (Å²) < 4.78 is 0. The Morgan fingerprint density at radius 3 is 2.95 bits per heavy atom. The molecule has 2 aromatic carbocycles. The first-order valence-corrected chi connectivity index (χ1v) is 6.72. The third-order valence-corrected chi connectivity index (χ3v) is 4.16. The first-order chi connectivity index (χ1) is 9.92. The Morgan fingerprint density at radius 1 is 1.00 bits per heavy atom. The summed E-state index contributed by atoms with van der Waals surface area (Å²) in [5.41, 5.74) is 2.43. The monoisotopic (exact) mass is 257 g/mol. The van der Waals surface area contributed by atoms with Crippen LogP contribution in [0.2, 0.25) is 0 Å². The number of rotatable bonds is 0. The van der Waals surface area contributed by atoms with Gasteiger partial charge in [-0.25, -0.2) is 0 Å². The Kier molecular flexibility index (Phi) is 1.75. The van der Waals surface area contributed by atoms with E-state index in [4.69, 9.17) is 4.98 Å². The van der Waals surface area contributed by atoms with Crippen LogP contribution in [0.25, 0.3) is 27.2 Å². The van der Waals surface area contributed by atoms with Crippen LogP contribution in [0.3, 0.4) is 0 Å². The summed E-state index contributed by atoms with van der Waals surface area (Å²) in [6.07, 6.45) is 7.72. The molecule has 0 N–H and O–H groups in total. The second-order valence-electron chi connectivity index (χ2n) is 5.24. The van der Waals surface area contributed by atoms with Crippen molar-refractivity contribution >= 4 is 33.5 Å². The van der Waals surface area contributed by atoms with Crippen LogP contribution in [0.4, 0.5) is 0 Å². The normalized spacial score (nSPS) is 16.2. The zero-order valence-electron chi connectivity index (χ0n) is 10.7. The van der Waals surface area contributed by atoms with E-state index < -0.39 is 0 Å². The summed E-state index contributed by atoms with van der Waals surface area (Å²) in [5.74, 6) is 0. The van der Waals surface area contributed by atoms with E-state index >= 15 is 0 Å². The predicted octanol–water partition coefficient (Wildman–Crippen LogP) is 2.59. The second-order valence-corrected chi connectivity index (χ2v) is 5.24. The van der Waals surface area contributed by atoms with E-state index in [2.05, 4.69) is 40.2 Å². The van der Waals surface area contributed by atoms with Crippen molar-refractivity contribution < 1.29 is 0 Å². The fourth-order valence-corrected chi connectivity index (χ4v) is 3.26. The molecule has 1 aromatic heterocycles. The number of fused-ring (bicyclic) bond motifs is 1. The van der Waals surface area contributed by atoms with Crippen molar-refractivity contribution in [2.24, 2.45) is 4.99 Å². The largest absolute Gasteiger partial charge is 0.339 e. The molecule has 2 aliphatic heterocycles. The zero-order chi connectivity index (χ0) is 13.1. The number of hydrogen-bond acceptors (Lipinski definition) is 3. The van der Waals surface area contributed by atoms with Crippen LogP contribution < -0.4 is 5.35 Å². The minimum Gasteiger partial charge on any atom is -0.339 e. The van der Waals surface area contributed by atoms with E-state index in [-0.39, 0.29) is 0 Å². The van der Waals surface area contributed by atoms with Crippen LogP contribution in [-0.4, -0.2) is 16.1 Å². The molecule has 0 saturated carbocycles. The first-order valence-electron chi connectivity index (χ1n) is 6.72. The molecule has 5 rings (SSSR count). The SMILES string of the molecule is C1=CN2Cc3ccc4cccc5cnc(c3c45)=C2C=N1. The Hall–Kier alpha value is -2.68. The zero-order valence-corrected chi connectivity index (χ0v) is 10.7. The molecule has 0 unspecified atom stereocenters. The number of pyridine rings is 1. The molecule has 0 fully saturated rings. The number of aromatic nitrogens is 1. The van der Waals surface area contributed by atoms with Gasteiger partial charge in [0.1, 0.15) is 0 Å². The molecule has 94 valence electrons. The van der Waals surface area contributed by atoms with E-state index in [9.17, 15) is 0 Å². The summed E-state index contributed by atoms with van der Waals surface area (Å²) in [4.78, 5) is 11.2. The van der Waals surface area contributed by atoms with Gasteiger partial charge in [0, 0.05) is 41.3 Å². The maximum Gasteiger partial charge on any atom is 0.0964 e. The summed E-state index contributed by atoms with van der Waals surface area (Å²) in [5, 5.41) is 6.14. The molecule has 0 atom stereocenters. The molecule has 0 radical (unpaired) electrons. The van der Waals surface area contributed by atoms with Gasteiger partial charge in [-0.1, -0.05) is 30.3 Å². The van der Waals surface area contributed by atoms with Gasteiger partial charge >= 0.3 is 0 Å². The molecule has 0 aliphatic carbocycles. The van der Waals surface area contributed by atoms with E-state index in [1.807, 2.05) is 24.8 Å². The molecule has 3 heteroatoms. The van der Waals surface area contributed by atoms with E-state index in [1.165, 1.54) is 27.1 Å². The average Bonchev–Trinajstić information content (AvgIpc) is 2.52. The first kappa shape index (κ1) is 10.1. The van der Waals surface area contributed by atoms with Crippen molar-refractivity contribution in [3.8, 4) is 0 Å². The molecule has 0 amide bonds. The molecule has 0 saturated heterocycles. The lowest BCUT2D eigenvalue weighted by molar-refractivity contribution is 0.523. The lowest BCUT2D eigenvalue weighted by Crippen LogP contribution is -2.31. The van der Waals surface area contributed by atoms with Gasteiger partial charge in [-0.05, 0) is 10.9 Å². The van der Waals surface area contributed by atoms with Gasteiger partial charge in [-0.15, -0.1) is 0 Å². The standard InChI is InChI=1S/C17H11N3/c1-2-11-4-5-13-10-20-7-6-18-9-14(20)17-16(13)15(11)12(3-1)8-19-17/h1-9H,10H2. The van der Waals surface area contributed by atoms with Crippen LogP contribution in [0, 0.1) is 0 Å². The lowest BCUT2D eigenvalue weighted by atomic mass is 9.95. The molecular formula is C17H11N3. The highest BCUT2D eigenvalue weighted by molar-refractivity contribution is 6.14. The predicted molar refractivity (Wildman–Crippen MR) is 81.1 cm³/mol. The van der Waals surface area contributed by atoms with Gasteiger partial charge in [0.05, 0.1) is 17.3 Å². The Balaban J connectivity index is 2.11. The summed E-state index contributed by atoms with van der Waals surface area (Å²) >= 11 is 0. The highest BCUT2D eigenvalue weighted by atomic mass is 15.1. The summed E-state index contributed by atoms with van der Waals surface area (Å²) in [6, 6.07) is 10.8. The second kappa shape index (κ2) is 3.45.